The van der Waals surface area contributed by atoms with Crippen LogP contribution < -0.4 is 5.73 Å². The summed E-state index contributed by atoms with van der Waals surface area (Å²) >= 11 is 9.53. The van der Waals surface area contributed by atoms with Crippen LogP contribution in [0.5, 0.6) is 0 Å². The first-order chi connectivity index (χ1) is 6.47. The molecule has 0 atom stereocenters. The molecule has 0 aromatic heterocycles. The zero-order chi connectivity index (χ0) is 11.4. The first kappa shape index (κ1) is 20.6. The summed E-state index contributed by atoms with van der Waals surface area (Å²) in [6.07, 6.45) is 0.874. The van der Waals surface area contributed by atoms with Crippen LogP contribution in [0.3, 0.4) is 0 Å². The summed E-state index contributed by atoms with van der Waals surface area (Å²) in [7, 11) is 0. The predicted octanol–water partition coefficient (Wildman–Crippen LogP) is 3.15. The van der Waals surface area contributed by atoms with Crippen LogP contribution in [0.4, 0.5) is 0 Å². The van der Waals surface area contributed by atoms with Crippen molar-refractivity contribution >= 4 is 41.6 Å². The molecule has 0 rings (SSSR count). The van der Waals surface area contributed by atoms with E-state index in [0.717, 1.165) is 13.0 Å². The fourth-order valence-electron chi connectivity index (χ4n) is 0.515. The van der Waals surface area contributed by atoms with Gasteiger partial charge in [0.1, 0.15) is 0 Å². The Labute approximate surface area is 109 Å². The standard InChI is InChI=1S/C8H17N3.CH2Cl2.ClH/c1-4-10-7-11-6-5-8(2,3)9;2-1-3;/h4-6,9H2,1-3H3;1H2;1H. The first-order valence-corrected chi connectivity index (χ1v) is 5.53. The molecule has 0 fully saturated rings. The van der Waals surface area contributed by atoms with Gasteiger partial charge in [-0.25, -0.2) is 9.98 Å². The Morgan fingerprint density at radius 2 is 1.73 bits per heavy atom. The zero-order valence-corrected chi connectivity index (χ0v) is 11.8. The molecule has 0 radical (unpaired) electrons. The Morgan fingerprint density at radius 3 is 2.07 bits per heavy atom. The van der Waals surface area contributed by atoms with Gasteiger partial charge in [0.2, 0.25) is 0 Å². The van der Waals surface area contributed by atoms with Crippen LogP contribution in [0.25, 0.3) is 0 Å². The smallest absolute Gasteiger partial charge is 0.0967 e. The van der Waals surface area contributed by atoms with Gasteiger partial charge in [-0.3, -0.25) is 0 Å². The molecule has 15 heavy (non-hydrogen) atoms. The van der Waals surface area contributed by atoms with Crippen molar-refractivity contribution in [1.29, 1.82) is 0 Å². The van der Waals surface area contributed by atoms with E-state index < -0.39 is 0 Å². The molecule has 0 bridgehead atoms. The average molecular weight is 277 g/mol. The molecule has 0 aliphatic carbocycles. The summed E-state index contributed by atoms with van der Waals surface area (Å²) in [4.78, 5) is 7.78. The predicted molar refractivity (Wildman–Crippen MR) is 72.0 cm³/mol. The summed E-state index contributed by atoms with van der Waals surface area (Å²) in [6, 6.07) is 2.60. The molecule has 6 heteroatoms. The van der Waals surface area contributed by atoms with Crippen LogP contribution in [0.2, 0.25) is 0 Å². The van der Waals surface area contributed by atoms with Gasteiger partial charge >= 0.3 is 0 Å². The summed E-state index contributed by atoms with van der Waals surface area (Å²) < 4.78 is 0. The van der Waals surface area contributed by atoms with Crippen molar-refractivity contribution in [3.8, 4) is 0 Å². The summed E-state index contributed by atoms with van der Waals surface area (Å²) in [6.45, 7) is 7.39. The van der Waals surface area contributed by atoms with Crippen LogP contribution in [0, 0.1) is 0 Å². The molecule has 0 aliphatic heterocycles. The van der Waals surface area contributed by atoms with Gasteiger partial charge in [0.05, 0.1) is 17.9 Å². The number of hydrogen-bond acceptors (Lipinski definition) is 3. The van der Waals surface area contributed by atoms with Crippen LogP contribution in [-0.4, -0.2) is 30.0 Å². The lowest BCUT2D eigenvalue weighted by atomic mass is 10.0. The van der Waals surface area contributed by atoms with Crippen molar-refractivity contribution in [2.45, 2.75) is 32.7 Å². The number of alkyl halides is 2. The van der Waals surface area contributed by atoms with Gasteiger partial charge < -0.3 is 5.73 Å². The molecule has 0 spiro atoms. The Kier molecular flexibility index (Phi) is 19.5. The van der Waals surface area contributed by atoms with Crippen LogP contribution in [0.15, 0.2) is 9.98 Å². The molecule has 92 valence electrons. The van der Waals surface area contributed by atoms with Crippen molar-refractivity contribution in [2.75, 3.05) is 18.4 Å². The van der Waals surface area contributed by atoms with E-state index in [1.165, 1.54) is 0 Å². The molecule has 0 aliphatic rings. The topological polar surface area (TPSA) is 50.7 Å². The average Bonchev–Trinajstić information content (AvgIpc) is 2.03. The molecule has 0 aromatic carbocycles. The van der Waals surface area contributed by atoms with E-state index in [2.05, 4.69) is 16.0 Å². The van der Waals surface area contributed by atoms with E-state index in [4.69, 9.17) is 28.9 Å². The lowest BCUT2D eigenvalue weighted by Crippen LogP contribution is -2.32. The van der Waals surface area contributed by atoms with Gasteiger partial charge in [-0.05, 0) is 27.2 Å². The fraction of sp³-hybridized carbons (Fsp3) is 0.889. The lowest BCUT2D eigenvalue weighted by molar-refractivity contribution is 0.485. The lowest BCUT2D eigenvalue weighted by Gasteiger charge is -2.15. The first-order valence-electron chi connectivity index (χ1n) is 4.46. The quantitative estimate of drug-likeness (QED) is 0.622. The van der Waals surface area contributed by atoms with Crippen LogP contribution >= 0.6 is 35.6 Å². The second-order valence-corrected chi connectivity index (χ2v) is 4.10. The van der Waals surface area contributed by atoms with Crippen molar-refractivity contribution in [3.63, 3.8) is 0 Å². The third kappa shape index (κ3) is 31.4. The second-order valence-electron chi connectivity index (χ2n) is 3.30. The zero-order valence-electron chi connectivity index (χ0n) is 9.46. The number of aliphatic imine (C=N–C) groups is 2. The van der Waals surface area contributed by atoms with E-state index in [0.29, 0.717) is 6.54 Å². The van der Waals surface area contributed by atoms with E-state index in [1.807, 2.05) is 20.8 Å². The summed E-state index contributed by atoms with van der Waals surface area (Å²) in [5.74, 6) is 0. The molecule has 0 saturated heterocycles. The van der Waals surface area contributed by atoms with Crippen LogP contribution in [0.1, 0.15) is 27.2 Å². The monoisotopic (exact) mass is 275 g/mol. The fourth-order valence-corrected chi connectivity index (χ4v) is 0.515. The largest absolute Gasteiger partial charge is 0.325 e. The number of nitrogens with zero attached hydrogens (tertiary/aromatic N) is 2. The molecule has 0 heterocycles. The highest BCUT2D eigenvalue weighted by Crippen LogP contribution is 2.01. The van der Waals surface area contributed by atoms with E-state index in [9.17, 15) is 0 Å². The molecule has 0 unspecified atom stereocenters. The molecule has 3 nitrogen and oxygen atoms in total. The van der Waals surface area contributed by atoms with Crippen molar-refractivity contribution in [1.82, 2.24) is 0 Å². The van der Waals surface area contributed by atoms with Crippen molar-refractivity contribution in [3.05, 3.63) is 0 Å². The Hall–Kier alpha value is 0.210. The number of nitrogens with two attached hydrogens (primary N) is 1. The maximum Gasteiger partial charge on any atom is 0.0967 e. The highest BCUT2D eigenvalue weighted by Gasteiger charge is 2.08. The van der Waals surface area contributed by atoms with E-state index in [1.54, 1.807) is 0 Å². The van der Waals surface area contributed by atoms with Crippen LogP contribution in [-0.2, 0) is 0 Å². The molecular weight excluding hydrogens is 256 g/mol. The number of rotatable bonds is 4. The van der Waals surface area contributed by atoms with Crippen molar-refractivity contribution < 1.29 is 0 Å². The second kappa shape index (κ2) is 14.2. The minimum atomic E-state index is -0.128. The normalized spacial score (nSPS) is 8.93. The van der Waals surface area contributed by atoms with E-state index in [-0.39, 0.29) is 23.3 Å². The van der Waals surface area contributed by atoms with Crippen molar-refractivity contribution in [2.24, 2.45) is 15.7 Å². The molecular formula is C9H20Cl3N3. The molecule has 2 N–H and O–H groups in total. The van der Waals surface area contributed by atoms with Gasteiger partial charge in [0.25, 0.3) is 0 Å². The minimum absolute atomic E-state index is 0. The molecule has 0 saturated carbocycles. The van der Waals surface area contributed by atoms with Gasteiger partial charge in [-0.2, -0.15) is 0 Å². The Balaban J connectivity index is -0.000000320. The Morgan fingerprint density at radius 1 is 1.27 bits per heavy atom. The molecule has 0 aromatic rings. The SMILES string of the molecule is CCN=C=NCCC(C)(C)N.Cl.ClCCl. The minimum Gasteiger partial charge on any atom is -0.325 e. The number of halogens is 3. The van der Waals surface area contributed by atoms with Gasteiger partial charge in [0.15, 0.2) is 0 Å². The van der Waals surface area contributed by atoms with Gasteiger partial charge in [0, 0.05) is 12.1 Å². The summed E-state index contributed by atoms with van der Waals surface area (Å²) in [5.41, 5.74) is 5.60. The number of hydrogen-bond donors (Lipinski definition) is 1. The van der Waals surface area contributed by atoms with E-state index >= 15 is 0 Å². The highest BCUT2D eigenvalue weighted by atomic mass is 35.5. The molecule has 0 amide bonds. The van der Waals surface area contributed by atoms with Gasteiger partial charge in [-0.1, -0.05) is 0 Å². The third-order valence-corrected chi connectivity index (χ3v) is 1.17. The maximum atomic E-state index is 5.73. The van der Waals surface area contributed by atoms with Gasteiger partial charge in [-0.15, -0.1) is 35.6 Å². The third-order valence-electron chi connectivity index (χ3n) is 1.17. The maximum absolute atomic E-state index is 5.73. The Bertz CT molecular complexity index is 172. The highest BCUT2D eigenvalue weighted by molar-refractivity contribution is 6.40. The summed E-state index contributed by atoms with van der Waals surface area (Å²) in [5, 5.41) is 0.194.